The van der Waals surface area contributed by atoms with Crippen LogP contribution < -0.4 is 4.74 Å². The zero-order valence-electron chi connectivity index (χ0n) is 16.7. The standard InChI is InChI=1S/C26H26O2/c1-26(2,3)23-14-12-22(13-15-23)25(27)18-11-20-9-16-24(17-10-20)28-19-21-7-5-4-6-8-21/h4-18H,19H2,1-3H3. The Labute approximate surface area is 167 Å². The molecular formula is C26H26O2. The van der Waals surface area contributed by atoms with Crippen LogP contribution in [0.2, 0.25) is 0 Å². The summed E-state index contributed by atoms with van der Waals surface area (Å²) >= 11 is 0. The molecule has 0 spiro atoms. The van der Waals surface area contributed by atoms with Crippen LogP contribution in [0.25, 0.3) is 6.08 Å². The predicted octanol–water partition coefficient (Wildman–Crippen LogP) is 6.46. The SMILES string of the molecule is CC(C)(C)c1ccc(C(=O)C=Cc2ccc(OCc3ccccc3)cc2)cc1. The molecule has 28 heavy (non-hydrogen) atoms. The van der Waals surface area contributed by atoms with Gasteiger partial charge >= 0.3 is 0 Å². The Morgan fingerprint density at radius 3 is 2.11 bits per heavy atom. The number of ketones is 1. The second kappa shape index (κ2) is 8.71. The molecule has 142 valence electrons. The molecule has 0 atom stereocenters. The van der Waals surface area contributed by atoms with Gasteiger partial charge in [0, 0.05) is 5.56 Å². The minimum atomic E-state index is 0.00450. The molecule has 0 saturated heterocycles. The van der Waals surface area contributed by atoms with Gasteiger partial charge < -0.3 is 4.74 Å². The molecule has 0 bridgehead atoms. The molecule has 0 radical (unpaired) electrons. The number of ether oxygens (including phenoxy) is 1. The lowest BCUT2D eigenvalue weighted by atomic mass is 9.86. The molecule has 0 aliphatic rings. The Morgan fingerprint density at radius 1 is 0.857 bits per heavy atom. The van der Waals surface area contributed by atoms with Crippen LogP contribution >= 0.6 is 0 Å². The summed E-state index contributed by atoms with van der Waals surface area (Å²) in [6.07, 6.45) is 3.45. The van der Waals surface area contributed by atoms with E-state index in [9.17, 15) is 4.79 Å². The van der Waals surface area contributed by atoms with E-state index < -0.39 is 0 Å². The highest BCUT2D eigenvalue weighted by Crippen LogP contribution is 2.22. The summed E-state index contributed by atoms with van der Waals surface area (Å²) in [5.41, 5.74) is 4.11. The van der Waals surface area contributed by atoms with Gasteiger partial charge in [0.1, 0.15) is 12.4 Å². The van der Waals surface area contributed by atoms with Crippen LogP contribution in [0, 0.1) is 0 Å². The Hall–Kier alpha value is -3.13. The number of benzene rings is 3. The van der Waals surface area contributed by atoms with Crippen molar-refractivity contribution in [3.05, 3.63) is 107 Å². The molecule has 0 aliphatic heterocycles. The van der Waals surface area contributed by atoms with Crippen molar-refractivity contribution >= 4 is 11.9 Å². The van der Waals surface area contributed by atoms with E-state index in [1.165, 1.54) is 5.56 Å². The minimum absolute atomic E-state index is 0.00450. The minimum Gasteiger partial charge on any atom is -0.489 e. The van der Waals surface area contributed by atoms with E-state index in [-0.39, 0.29) is 11.2 Å². The number of carbonyl (C=O) groups is 1. The van der Waals surface area contributed by atoms with E-state index >= 15 is 0 Å². The van der Waals surface area contributed by atoms with Gasteiger partial charge in [-0.05, 0) is 40.3 Å². The maximum absolute atomic E-state index is 12.4. The van der Waals surface area contributed by atoms with Crippen molar-refractivity contribution in [2.75, 3.05) is 0 Å². The lowest BCUT2D eigenvalue weighted by Crippen LogP contribution is -2.11. The molecule has 0 amide bonds. The van der Waals surface area contributed by atoms with Gasteiger partial charge in [0.15, 0.2) is 5.78 Å². The van der Waals surface area contributed by atoms with Gasteiger partial charge in [-0.15, -0.1) is 0 Å². The van der Waals surface area contributed by atoms with Crippen molar-refractivity contribution < 1.29 is 9.53 Å². The number of allylic oxidation sites excluding steroid dienone is 1. The third-order valence-corrected chi connectivity index (χ3v) is 4.59. The maximum atomic E-state index is 12.4. The average molecular weight is 370 g/mol. The Bertz CT molecular complexity index is 928. The van der Waals surface area contributed by atoms with Gasteiger partial charge in [0.25, 0.3) is 0 Å². The molecule has 2 nitrogen and oxygen atoms in total. The summed E-state index contributed by atoms with van der Waals surface area (Å²) in [5, 5.41) is 0. The number of rotatable bonds is 6. The van der Waals surface area contributed by atoms with Gasteiger partial charge in [-0.1, -0.05) is 93.6 Å². The van der Waals surface area contributed by atoms with Crippen molar-refractivity contribution in [3.63, 3.8) is 0 Å². The highest BCUT2D eigenvalue weighted by molar-refractivity contribution is 6.06. The Morgan fingerprint density at radius 2 is 1.50 bits per heavy atom. The molecule has 3 aromatic carbocycles. The quantitative estimate of drug-likeness (QED) is 0.368. The molecule has 0 heterocycles. The van der Waals surface area contributed by atoms with Gasteiger partial charge in [0.2, 0.25) is 0 Å². The topological polar surface area (TPSA) is 26.3 Å². The van der Waals surface area contributed by atoms with E-state index in [0.29, 0.717) is 12.2 Å². The fourth-order valence-electron chi connectivity index (χ4n) is 2.82. The Balaban J connectivity index is 1.58. The van der Waals surface area contributed by atoms with E-state index in [2.05, 4.69) is 20.8 Å². The van der Waals surface area contributed by atoms with E-state index in [1.54, 1.807) is 6.08 Å². The molecule has 0 saturated carbocycles. The third-order valence-electron chi connectivity index (χ3n) is 4.59. The maximum Gasteiger partial charge on any atom is 0.185 e. The van der Waals surface area contributed by atoms with Crippen LogP contribution in [-0.4, -0.2) is 5.78 Å². The van der Waals surface area contributed by atoms with Crippen molar-refractivity contribution in [1.82, 2.24) is 0 Å². The molecular weight excluding hydrogens is 344 g/mol. The number of hydrogen-bond donors (Lipinski definition) is 0. The van der Waals surface area contributed by atoms with Gasteiger partial charge in [-0.3, -0.25) is 4.79 Å². The fourth-order valence-corrected chi connectivity index (χ4v) is 2.82. The van der Waals surface area contributed by atoms with E-state index in [1.807, 2.05) is 84.9 Å². The van der Waals surface area contributed by atoms with Crippen LogP contribution in [-0.2, 0) is 12.0 Å². The lowest BCUT2D eigenvalue weighted by molar-refractivity contribution is 0.104. The third kappa shape index (κ3) is 5.43. The molecule has 2 heteroatoms. The zero-order chi connectivity index (χ0) is 20.0. The number of hydrogen-bond acceptors (Lipinski definition) is 2. The van der Waals surface area contributed by atoms with E-state index in [0.717, 1.165) is 16.9 Å². The highest BCUT2D eigenvalue weighted by Gasteiger charge is 2.13. The van der Waals surface area contributed by atoms with Crippen molar-refractivity contribution in [2.24, 2.45) is 0 Å². The van der Waals surface area contributed by atoms with Crippen molar-refractivity contribution in [3.8, 4) is 5.75 Å². The largest absolute Gasteiger partial charge is 0.489 e. The van der Waals surface area contributed by atoms with Gasteiger partial charge in [-0.25, -0.2) is 0 Å². The summed E-state index contributed by atoms with van der Waals surface area (Å²) in [6.45, 7) is 7.03. The smallest absolute Gasteiger partial charge is 0.185 e. The molecule has 0 aliphatic carbocycles. The van der Waals surface area contributed by atoms with Crippen LogP contribution in [0.15, 0.2) is 84.9 Å². The first-order chi connectivity index (χ1) is 13.4. The molecule has 3 aromatic rings. The molecule has 0 unspecified atom stereocenters. The Kier molecular flexibility index (Phi) is 6.10. The van der Waals surface area contributed by atoms with E-state index in [4.69, 9.17) is 4.74 Å². The second-order valence-corrected chi connectivity index (χ2v) is 7.87. The van der Waals surface area contributed by atoms with Crippen molar-refractivity contribution in [1.29, 1.82) is 0 Å². The average Bonchev–Trinajstić information content (AvgIpc) is 2.71. The summed E-state index contributed by atoms with van der Waals surface area (Å²) < 4.78 is 5.79. The first kappa shape index (κ1) is 19.6. The van der Waals surface area contributed by atoms with Crippen molar-refractivity contribution in [2.45, 2.75) is 32.8 Å². The summed E-state index contributed by atoms with van der Waals surface area (Å²) in [5.74, 6) is 0.815. The predicted molar refractivity (Wildman–Crippen MR) is 116 cm³/mol. The summed E-state index contributed by atoms with van der Waals surface area (Å²) in [4.78, 5) is 12.4. The number of carbonyl (C=O) groups excluding carboxylic acids is 1. The normalized spacial score (nSPS) is 11.5. The summed E-state index contributed by atoms with van der Waals surface area (Å²) in [6, 6.07) is 25.7. The van der Waals surface area contributed by atoms with Crippen LogP contribution in [0.4, 0.5) is 0 Å². The van der Waals surface area contributed by atoms with Gasteiger partial charge in [0.05, 0.1) is 0 Å². The fraction of sp³-hybridized carbons (Fsp3) is 0.192. The van der Waals surface area contributed by atoms with Crippen LogP contribution in [0.3, 0.4) is 0 Å². The first-order valence-corrected chi connectivity index (χ1v) is 9.51. The van der Waals surface area contributed by atoms with Crippen LogP contribution in [0.5, 0.6) is 5.75 Å². The monoisotopic (exact) mass is 370 g/mol. The molecule has 0 N–H and O–H groups in total. The lowest BCUT2D eigenvalue weighted by Gasteiger charge is -2.18. The molecule has 3 rings (SSSR count). The zero-order valence-corrected chi connectivity index (χ0v) is 16.7. The molecule has 0 fully saturated rings. The highest BCUT2D eigenvalue weighted by atomic mass is 16.5. The van der Waals surface area contributed by atoms with Crippen LogP contribution in [0.1, 0.15) is 47.8 Å². The second-order valence-electron chi connectivity index (χ2n) is 7.87. The molecule has 0 aromatic heterocycles. The summed E-state index contributed by atoms with van der Waals surface area (Å²) in [7, 11) is 0. The van der Waals surface area contributed by atoms with Gasteiger partial charge in [-0.2, -0.15) is 0 Å². The first-order valence-electron chi connectivity index (χ1n) is 9.51.